The van der Waals surface area contributed by atoms with Gasteiger partial charge in [-0.2, -0.15) is 0 Å². The molecule has 1 aliphatic heterocycles. The van der Waals surface area contributed by atoms with Crippen LogP contribution in [-0.4, -0.2) is 60.3 Å². The zero-order valence-electron chi connectivity index (χ0n) is 16.2. The van der Waals surface area contributed by atoms with Crippen LogP contribution in [0.2, 0.25) is 5.02 Å². The molecule has 1 fully saturated rings. The van der Waals surface area contributed by atoms with E-state index in [4.69, 9.17) is 16.3 Å². The van der Waals surface area contributed by atoms with Gasteiger partial charge in [0.2, 0.25) is 0 Å². The number of halogens is 3. The molecule has 0 aliphatic carbocycles. The molecule has 3 N–H and O–H groups in total. The molecule has 1 heterocycles. The summed E-state index contributed by atoms with van der Waals surface area (Å²) in [5.41, 5.74) is -1.74. The molecule has 12 heteroatoms. The molecule has 2 aromatic rings. The van der Waals surface area contributed by atoms with E-state index in [0.717, 1.165) is 9.64 Å². The van der Waals surface area contributed by atoms with Gasteiger partial charge in [-0.3, -0.25) is 15.0 Å². The highest BCUT2D eigenvalue weighted by atomic mass is 127. The minimum Gasteiger partial charge on any atom is -0.478 e. The molecule has 0 aromatic heterocycles. The van der Waals surface area contributed by atoms with E-state index in [2.05, 4.69) is 38.1 Å². The fourth-order valence-electron chi connectivity index (χ4n) is 3.13. The molecular formula is C19H19ClFIN4O5. The van der Waals surface area contributed by atoms with Gasteiger partial charge >= 0.3 is 5.97 Å². The van der Waals surface area contributed by atoms with Crippen molar-refractivity contribution in [2.45, 2.75) is 0 Å². The Morgan fingerprint density at radius 2 is 2.03 bits per heavy atom. The number of anilines is 3. The fourth-order valence-corrected chi connectivity index (χ4v) is 4.03. The first-order chi connectivity index (χ1) is 14.8. The molecule has 0 bridgehead atoms. The summed E-state index contributed by atoms with van der Waals surface area (Å²) in [4.78, 5) is 24.5. The molecule has 9 nitrogen and oxygen atoms in total. The number of hydrogen-bond acceptors (Lipinski definition) is 7. The number of nitrogens with zero attached hydrogens (tertiary/aromatic N) is 2. The second-order valence-electron chi connectivity index (χ2n) is 6.70. The number of carboxylic acid groups (broad SMARTS) is 1. The van der Waals surface area contributed by atoms with Crippen molar-refractivity contribution in [1.29, 1.82) is 0 Å². The van der Waals surface area contributed by atoms with E-state index in [1.165, 1.54) is 0 Å². The van der Waals surface area contributed by atoms with Crippen molar-refractivity contribution in [3.8, 4) is 0 Å². The average molecular weight is 565 g/mol. The Kier molecular flexibility index (Phi) is 7.86. The molecular weight excluding hydrogens is 546 g/mol. The zero-order chi connectivity index (χ0) is 22.5. The summed E-state index contributed by atoms with van der Waals surface area (Å²) < 4.78 is 21.5. The third-order valence-electron chi connectivity index (χ3n) is 4.70. The molecule has 31 heavy (non-hydrogen) atoms. The highest BCUT2D eigenvalue weighted by molar-refractivity contribution is 14.1. The second kappa shape index (κ2) is 10.4. The van der Waals surface area contributed by atoms with Crippen LogP contribution in [-0.2, 0) is 4.74 Å². The SMILES string of the molecule is O=C(O)c1cc([N+](=O)[O-])c(NCCN2CCOCC2)c(F)c1Nc1ccc(I)cc1Cl. The largest absolute Gasteiger partial charge is 0.478 e. The number of benzene rings is 2. The van der Waals surface area contributed by atoms with Gasteiger partial charge in [-0.05, 0) is 40.8 Å². The molecule has 1 aliphatic rings. The average Bonchev–Trinajstić information content (AvgIpc) is 2.72. The van der Waals surface area contributed by atoms with Crippen molar-refractivity contribution in [2.75, 3.05) is 50.0 Å². The van der Waals surface area contributed by atoms with Crippen molar-refractivity contribution >= 4 is 62.9 Å². The van der Waals surface area contributed by atoms with Crippen LogP contribution in [0.4, 0.5) is 27.1 Å². The Morgan fingerprint density at radius 3 is 2.65 bits per heavy atom. The standard InChI is InChI=1S/C19H19ClFIN4O5/c20-13-9-11(22)1-2-14(13)24-17-12(19(27)28)10-15(26(29)30)18(16(17)21)23-3-4-25-5-7-31-8-6-25/h1-2,9-10,23-24H,3-8H2,(H,27,28). The van der Waals surface area contributed by atoms with Gasteiger partial charge in [0.15, 0.2) is 11.5 Å². The summed E-state index contributed by atoms with van der Waals surface area (Å²) in [7, 11) is 0. The van der Waals surface area contributed by atoms with Gasteiger partial charge in [-0.15, -0.1) is 0 Å². The Morgan fingerprint density at radius 1 is 1.32 bits per heavy atom. The van der Waals surface area contributed by atoms with E-state index in [1.54, 1.807) is 18.2 Å². The van der Waals surface area contributed by atoms with E-state index >= 15 is 4.39 Å². The van der Waals surface area contributed by atoms with Gasteiger partial charge in [0.1, 0.15) is 0 Å². The van der Waals surface area contributed by atoms with E-state index in [-0.39, 0.29) is 22.9 Å². The highest BCUT2D eigenvalue weighted by Gasteiger charge is 2.28. The van der Waals surface area contributed by atoms with Gasteiger partial charge in [0.25, 0.3) is 5.69 Å². The highest BCUT2D eigenvalue weighted by Crippen LogP contribution is 2.38. The quantitative estimate of drug-likeness (QED) is 0.248. The van der Waals surface area contributed by atoms with Crippen LogP contribution < -0.4 is 10.6 Å². The van der Waals surface area contributed by atoms with Crippen LogP contribution in [0.25, 0.3) is 0 Å². The third-order valence-corrected chi connectivity index (χ3v) is 5.68. The number of ether oxygens (including phenoxy) is 1. The van der Waals surface area contributed by atoms with Crippen LogP contribution in [0.15, 0.2) is 24.3 Å². The Hall–Kier alpha value is -2.22. The lowest BCUT2D eigenvalue weighted by molar-refractivity contribution is -0.384. The number of nitrogens with one attached hydrogen (secondary N) is 2. The fraction of sp³-hybridized carbons (Fsp3) is 0.316. The van der Waals surface area contributed by atoms with Crippen molar-refractivity contribution in [3.63, 3.8) is 0 Å². The van der Waals surface area contributed by atoms with Crippen LogP contribution in [0.5, 0.6) is 0 Å². The zero-order valence-corrected chi connectivity index (χ0v) is 19.1. The van der Waals surface area contributed by atoms with Gasteiger partial charge in [-0.1, -0.05) is 11.6 Å². The van der Waals surface area contributed by atoms with Crippen LogP contribution in [0, 0.1) is 19.5 Å². The predicted molar refractivity (Wildman–Crippen MR) is 123 cm³/mol. The Labute approximate surface area is 195 Å². The topological polar surface area (TPSA) is 117 Å². The molecule has 166 valence electrons. The third kappa shape index (κ3) is 5.73. The second-order valence-corrected chi connectivity index (χ2v) is 8.35. The molecule has 3 rings (SSSR count). The summed E-state index contributed by atoms with van der Waals surface area (Å²) in [6, 6.07) is 5.74. The lowest BCUT2D eigenvalue weighted by Gasteiger charge is -2.26. The van der Waals surface area contributed by atoms with Gasteiger partial charge in [0.05, 0.1) is 40.1 Å². The van der Waals surface area contributed by atoms with E-state index in [0.29, 0.717) is 32.8 Å². The Balaban J connectivity index is 1.95. The van der Waals surface area contributed by atoms with Crippen LogP contribution in [0.3, 0.4) is 0 Å². The number of morpholine rings is 1. The monoisotopic (exact) mass is 564 g/mol. The van der Waals surface area contributed by atoms with Crippen molar-refractivity contribution < 1.29 is 24.0 Å². The lowest BCUT2D eigenvalue weighted by Crippen LogP contribution is -2.39. The molecule has 0 atom stereocenters. The summed E-state index contributed by atoms with van der Waals surface area (Å²) in [5.74, 6) is -2.57. The molecule has 0 spiro atoms. The molecule has 0 saturated carbocycles. The number of rotatable bonds is 8. The minimum absolute atomic E-state index is 0.230. The number of nitro groups is 1. The van der Waals surface area contributed by atoms with E-state index in [9.17, 15) is 20.0 Å². The summed E-state index contributed by atoms with van der Waals surface area (Å²) in [6.07, 6.45) is 0. The van der Waals surface area contributed by atoms with Crippen LogP contribution >= 0.6 is 34.2 Å². The minimum atomic E-state index is -1.51. The van der Waals surface area contributed by atoms with Gasteiger partial charge in [-0.25, -0.2) is 9.18 Å². The number of hydrogen-bond donors (Lipinski definition) is 3. The summed E-state index contributed by atoms with van der Waals surface area (Å²) >= 11 is 8.23. The maximum Gasteiger partial charge on any atom is 0.338 e. The van der Waals surface area contributed by atoms with Gasteiger partial charge in [0, 0.05) is 35.8 Å². The first-order valence-corrected chi connectivity index (χ1v) is 10.7. The summed E-state index contributed by atoms with van der Waals surface area (Å²) in [6.45, 7) is 3.35. The summed E-state index contributed by atoms with van der Waals surface area (Å²) in [5, 5.41) is 26.7. The number of carbonyl (C=O) groups is 1. The van der Waals surface area contributed by atoms with Crippen molar-refractivity contribution in [2.24, 2.45) is 0 Å². The van der Waals surface area contributed by atoms with E-state index in [1.807, 2.05) is 0 Å². The predicted octanol–water partition coefficient (Wildman–Crippen LogP) is 4.18. The smallest absolute Gasteiger partial charge is 0.338 e. The first-order valence-electron chi connectivity index (χ1n) is 9.28. The molecule has 0 radical (unpaired) electrons. The molecule has 0 unspecified atom stereocenters. The van der Waals surface area contributed by atoms with Crippen molar-refractivity contribution in [1.82, 2.24) is 4.90 Å². The number of carboxylic acids is 1. The molecule has 1 saturated heterocycles. The lowest BCUT2D eigenvalue weighted by atomic mass is 10.1. The normalized spacial score (nSPS) is 14.3. The van der Waals surface area contributed by atoms with Gasteiger partial charge < -0.3 is 20.5 Å². The van der Waals surface area contributed by atoms with Crippen molar-refractivity contribution in [3.05, 3.63) is 54.4 Å². The molecule has 2 aromatic carbocycles. The number of aromatic carboxylic acids is 1. The number of nitro benzene ring substituents is 1. The van der Waals surface area contributed by atoms with E-state index < -0.39 is 33.6 Å². The first kappa shape index (κ1) is 23.4. The maximum absolute atomic E-state index is 15.4. The Bertz CT molecular complexity index is 1000. The van der Waals surface area contributed by atoms with Crippen LogP contribution in [0.1, 0.15) is 10.4 Å². The molecule has 0 amide bonds. The maximum atomic E-state index is 15.4.